The molecule has 28 heavy (non-hydrogen) atoms. The van der Waals surface area contributed by atoms with Crippen LogP contribution in [-0.4, -0.2) is 20.5 Å². The van der Waals surface area contributed by atoms with E-state index in [4.69, 9.17) is 9.47 Å². The second-order valence-corrected chi connectivity index (χ2v) is 6.51. The average molecular weight is 368 g/mol. The lowest BCUT2D eigenvalue weighted by atomic mass is 9.90. The molecule has 0 unspecified atom stereocenters. The molecule has 0 bridgehead atoms. The van der Waals surface area contributed by atoms with Crippen molar-refractivity contribution in [3.8, 4) is 33.8 Å². The third kappa shape index (κ3) is 3.12. The van der Waals surface area contributed by atoms with Crippen LogP contribution in [0.3, 0.4) is 0 Å². The summed E-state index contributed by atoms with van der Waals surface area (Å²) in [5, 5.41) is 2.00. The monoisotopic (exact) mass is 368 g/mol. The molecule has 4 rings (SSSR count). The van der Waals surface area contributed by atoms with Gasteiger partial charge in [0.1, 0.15) is 11.5 Å². The van der Waals surface area contributed by atoms with Crippen molar-refractivity contribution in [2.75, 3.05) is 14.2 Å². The highest BCUT2D eigenvalue weighted by atomic mass is 16.5. The summed E-state index contributed by atoms with van der Waals surface area (Å²) in [7, 11) is 3.31. The standard InChI is InChI=1S/C25H20O3/c1-27-20-10-6-17(7-11-20)22-14-15-23(18-8-12-21(28-2)13-9-18)25-19(16-26)4-3-5-24(22)25/h3-16H,1-2H3. The molecule has 0 aliphatic rings. The fraction of sp³-hybridized carbons (Fsp3) is 0.0800. The molecule has 3 nitrogen and oxygen atoms in total. The molecule has 0 fully saturated rings. The molecule has 0 amide bonds. The van der Waals surface area contributed by atoms with E-state index < -0.39 is 0 Å². The van der Waals surface area contributed by atoms with Crippen LogP contribution in [0, 0.1) is 0 Å². The minimum atomic E-state index is 0.679. The lowest BCUT2D eigenvalue weighted by molar-refractivity contribution is 0.112. The lowest BCUT2D eigenvalue weighted by Crippen LogP contribution is -1.91. The highest BCUT2D eigenvalue weighted by molar-refractivity contribution is 6.11. The first-order valence-corrected chi connectivity index (χ1v) is 9.05. The molecule has 138 valence electrons. The van der Waals surface area contributed by atoms with Crippen molar-refractivity contribution in [2.24, 2.45) is 0 Å². The van der Waals surface area contributed by atoms with Gasteiger partial charge in [-0.1, -0.05) is 54.6 Å². The summed E-state index contributed by atoms with van der Waals surface area (Å²) in [5.41, 5.74) is 4.91. The van der Waals surface area contributed by atoms with Gasteiger partial charge in [-0.2, -0.15) is 0 Å². The van der Waals surface area contributed by atoms with Crippen molar-refractivity contribution in [1.82, 2.24) is 0 Å². The summed E-state index contributed by atoms with van der Waals surface area (Å²) >= 11 is 0. The van der Waals surface area contributed by atoms with E-state index in [0.29, 0.717) is 5.56 Å². The Morgan fingerprint density at radius 1 is 0.643 bits per heavy atom. The molecular formula is C25H20O3. The van der Waals surface area contributed by atoms with Gasteiger partial charge in [0, 0.05) is 10.9 Å². The zero-order valence-corrected chi connectivity index (χ0v) is 15.8. The van der Waals surface area contributed by atoms with E-state index in [1.54, 1.807) is 14.2 Å². The molecule has 0 saturated carbocycles. The zero-order valence-electron chi connectivity index (χ0n) is 15.8. The van der Waals surface area contributed by atoms with Crippen molar-refractivity contribution >= 4 is 17.1 Å². The van der Waals surface area contributed by atoms with Gasteiger partial charge in [0.25, 0.3) is 0 Å². The summed E-state index contributed by atoms with van der Waals surface area (Å²) in [6, 6.07) is 25.9. The summed E-state index contributed by atoms with van der Waals surface area (Å²) < 4.78 is 10.5. The number of rotatable bonds is 5. The molecule has 0 radical (unpaired) electrons. The predicted octanol–water partition coefficient (Wildman–Crippen LogP) is 6.00. The van der Waals surface area contributed by atoms with Crippen LogP contribution < -0.4 is 9.47 Å². The summed E-state index contributed by atoms with van der Waals surface area (Å²) in [5.74, 6) is 1.62. The fourth-order valence-electron chi connectivity index (χ4n) is 3.57. The van der Waals surface area contributed by atoms with E-state index in [-0.39, 0.29) is 0 Å². The van der Waals surface area contributed by atoms with E-state index >= 15 is 0 Å². The molecule has 0 saturated heterocycles. The van der Waals surface area contributed by atoms with Crippen LogP contribution in [0.1, 0.15) is 10.4 Å². The van der Waals surface area contributed by atoms with E-state index in [0.717, 1.165) is 50.8 Å². The Morgan fingerprint density at radius 2 is 1.18 bits per heavy atom. The van der Waals surface area contributed by atoms with E-state index in [1.165, 1.54) is 0 Å². The van der Waals surface area contributed by atoms with Gasteiger partial charge >= 0.3 is 0 Å². The number of carbonyl (C=O) groups excluding carboxylic acids is 1. The largest absolute Gasteiger partial charge is 0.497 e. The van der Waals surface area contributed by atoms with Crippen LogP contribution in [0.25, 0.3) is 33.0 Å². The van der Waals surface area contributed by atoms with Crippen LogP contribution in [-0.2, 0) is 0 Å². The smallest absolute Gasteiger partial charge is 0.150 e. The van der Waals surface area contributed by atoms with Crippen molar-refractivity contribution < 1.29 is 14.3 Å². The second-order valence-electron chi connectivity index (χ2n) is 6.51. The van der Waals surface area contributed by atoms with E-state index in [9.17, 15) is 4.79 Å². The topological polar surface area (TPSA) is 35.5 Å². The first kappa shape index (κ1) is 17.8. The molecule has 0 heterocycles. The van der Waals surface area contributed by atoms with Gasteiger partial charge in [0.15, 0.2) is 6.29 Å². The van der Waals surface area contributed by atoms with Gasteiger partial charge in [-0.25, -0.2) is 0 Å². The van der Waals surface area contributed by atoms with Crippen molar-refractivity contribution in [2.45, 2.75) is 0 Å². The Kier molecular flexibility index (Phi) is 4.81. The maximum absolute atomic E-state index is 11.8. The van der Waals surface area contributed by atoms with Gasteiger partial charge in [-0.15, -0.1) is 0 Å². The van der Waals surface area contributed by atoms with Gasteiger partial charge < -0.3 is 9.47 Å². The molecular weight excluding hydrogens is 348 g/mol. The van der Waals surface area contributed by atoms with Gasteiger partial charge in [-0.05, 0) is 51.9 Å². The average Bonchev–Trinajstić information content (AvgIpc) is 2.78. The Bertz CT molecular complexity index is 1130. The van der Waals surface area contributed by atoms with Crippen LogP contribution in [0.4, 0.5) is 0 Å². The number of aldehydes is 1. The summed E-state index contributed by atoms with van der Waals surface area (Å²) in [6.07, 6.45) is 0.924. The Morgan fingerprint density at radius 3 is 1.71 bits per heavy atom. The quantitative estimate of drug-likeness (QED) is 0.405. The number of carbonyl (C=O) groups is 1. The molecule has 4 aromatic carbocycles. The van der Waals surface area contributed by atoms with Crippen LogP contribution in [0.2, 0.25) is 0 Å². The van der Waals surface area contributed by atoms with Crippen LogP contribution >= 0.6 is 0 Å². The van der Waals surface area contributed by atoms with Gasteiger partial charge in [-0.3, -0.25) is 4.79 Å². The number of methoxy groups -OCH3 is 2. The molecule has 0 atom stereocenters. The first-order valence-electron chi connectivity index (χ1n) is 9.05. The molecule has 0 spiro atoms. The molecule has 0 N–H and O–H groups in total. The van der Waals surface area contributed by atoms with Gasteiger partial charge in [0.05, 0.1) is 14.2 Å². The zero-order chi connectivity index (χ0) is 19.5. The minimum absolute atomic E-state index is 0.679. The van der Waals surface area contributed by atoms with E-state index in [2.05, 4.69) is 18.2 Å². The highest BCUT2D eigenvalue weighted by Crippen LogP contribution is 2.38. The predicted molar refractivity (Wildman–Crippen MR) is 113 cm³/mol. The SMILES string of the molecule is COc1ccc(-c2ccc(-c3ccc(OC)cc3)c3c(C=O)cccc23)cc1. The Hall–Kier alpha value is -3.59. The van der Waals surface area contributed by atoms with Crippen LogP contribution in [0.5, 0.6) is 11.5 Å². The normalized spacial score (nSPS) is 10.6. The molecule has 0 aromatic heterocycles. The first-order chi connectivity index (χ1) is 13.7. The minimum Gasteiger partial charge on any atom is -0.497 e. The third-order valence-electron chi connectivity index (χ3n) is 5.00. The van der Waals surface area contributed by atoms with Crippen LogP contribution in [0.15, 0.2) is 78.9 Å². The molecule has 0 aliphatic heterocycles. The number of fused-ring (bicyclic) bond motifs is 1. The fourth-order valence-corrected chi connectivity index (χ4v) is 3.57. The Labute approximate surface area is 164 Å². The molecule has 3 heteroatoms. The summed E-state index contributed by atoms with van der Waals surface area (Å²) in [6.45, 7) is 0. The molecule has 0 aliphatic carbocycles. The van der Waals surface area contributed by atoms with E-state index in [1.807, 2.05) is 60.7 Å². The number of benzene rings is 4. The maximum atomic E-state index is 11.8. The van der Waals surface area contributed by atoms with Crippen molar-refractivity contribution in [3.63, 3.8) is 0 Å². The lowest BCUT2D eigenvalue weighted by Gasteiger charge is -2.14. The third-order valence-corrected chi connectivity index (χ3v) is 5.00. The Balaban J connectivity index is 1.96. The van der Waals surface area contributed by atoms with Crippen molar-refractivity contribution in [3.05, 3.63) is 84.4 Å². The number of hydrogen-bond donors (Lipinski definition) is 0. The highest BCUT2D eigenvalue weighted by Gasteiger charge is 2.13. The van der Waals surface area contributed by atoms with Gasteiger partial charge in [0.2, 0.25) is 0 Å². The number of hydrogen-bond acceptors (Lipinski definition) is 3. The number of ether oxygens (including phenoxy) is 2. The van der Waals surface area contributed by atoms with Crippen molar-refractivity contribution in [1.29, 1.82) is 0 Å². The second kappa shape index (κ2) is 7.57. The molecule has 4 aromatic rings. The maximum Gasteiger partial charge on any atom is 0.150 e. The summed E-state index contributed by atoms with van der Waals surface area (Å²) in [4.78, 5) is 11.8.